The van der Waals surface area contributed by atoms with Gasteiger partial charge in [-0.05, 0) is 30.2 Å². The summed E-state index contributed by atoms with van der Waals surface area (Å²) < 4.78 is 28.5. The van der Waals surface area contributed by atoms with Crippen LogP contribution >= 0.6 is 23.2 Å². The Hall–Kier alpha value is -0.750. The molecule has 0 aliphatic carbocycles. The van der Waals surface area contributed by atoms with Crippen molar-refractivity contribution in [2.75, 3.05) is 24.7 Å². The van der Waals surface area contributed by atoms with Gasteiger partial charge in [-0.1, -0.05) is 23.2 Å². The van der Waals surface area contributed by atoms with Crippen LogP contribution in [0, 0.1) is 0 Å². The Morgan fingerprint density at radius 3 is 2.86 bits per heavy atom. The average molecular weight is 348 g/mol. The Bertz CT molecular complexity index is 700. The molecule has 7 heteroatoms. The maximum absolute atomic E-state index is 11.4. The van der Waals surface area contributed by atoms with Gasteiger partial charge in [0, 0.05) is 23.2 Å². The maximum atomic E-state index is 11.4. The Balaban J connectivity index is 1.69. The van der Waals surface area contributed by atoms with Gasteiger partial charge in [0.25, 0.3) is 0 Å². The lowest BCUT2D eigenvalue weighted by atomic mass is 10.1. The second-order valence-electron chi connectivity index (χ2n) is 5.38. The van der Waals surface area contributed by atoms with E-state index in [2.05, 4.69) is 5.32 Å². The third-order valence-electron chi connectivity index (χ3n) is 3.65. The molecule has 21 heavy (non-hydrogen) atoms. The van der Waals surface area contributed by atoms with Crippen LogP contribution in [-0.2, 0) is 9.84 Å². The molecule has 0 aromatic heterocycles. The second-order valence-corrected chi connectivity index (χ2v) is 8.45. The van der Waals surface area contributed by atoms with E-state index in [1.807, 2.05) is 12.1 Å². The summed E-state index contributed by atoms with van der Waals surface area (Å²) in [6, 6.07) is 3.49. The minimum absolute atomic E-state index is 0.0280. The normalized spacial score (nSPS) is 23.3. The summed E-state index contributed by atoms with van der Waals surface area (Å²) >= 11 is 12.1. The number of fused-ring (bicyclic) bond motifs is 1. The molecule has 1 saturated heterocycles. The van der Waals surface area contributed by atoms with Gasteiger partial charge in [0.05, 0.1) is 16.5 Å². The molecule has 3 rings (SSSR count). The molecule has 1 fully saturated rings. The zero-order chi connectivity index (χ0) is 15.0. The van der Waals surface area contributed by atoms with Crippen LogP contribution in [0.25, 0.3) is 6.08 Å². The third kappa shape index (κ3) is 3.54. The minimum atomic E-state index is -2.86. The van der Waals surface area contributed by atoms with Crippen LogP contribution in [0.4, 0.5) is 0 Å². The molecule has 1 aromatic rings. The number of hydrogen-bond acceptors (Lipinski definition) is 4. The highest BCUT2D eigenvalue weighted by atomic mass is 35.5. The van der Waals surface area contributed by atoms with Crippen molar-refractivity contribution in [3.05, 3.63) is 33.3 Å². The largest absolute Gasteiger partial charge is 0.487 e. The monoisotopic (exact) mass is 347 g/mol. The maximum Gasteiger partial charge on any atom is 0.151 e. The van der Waals surface area contributed by atoms with Gasteiger partial charge in [-0.25, -0.2) is 8.42 Å². The molecule has 1 atom stereocenters. The summed E-state index contributed by atoms with van der Waals surface area (Å²) in [4.78, 5) is 0. The summed E-state index contributed by atoms with van der Waals surface area (Å²) in [5, 5.41) is 4.34. The molecule has 0 spiro atoms. The molecule has 1 aromatic carbocycles. The van der Waals surface area contributed by atoms with E-state index in [0.29, 0.717) is 35.4 Å². The van der Waals surface area contributed by atoms with Crippen LogP contribution in [0.3, 0.4) is 0 Å². The first-order valence-corrected chi connectivity index (χ1v) is 9.26. The van der Waals surface area contributed by atoms with Crippen molar-refractivity contribution in [1.82, 2.24) is 5.32 Å². The van der Waals surface area contributed by atoms with Gasteiger partial charge in [-0.15, -0.1) is 0 Å². The van der Waals surface area contributed by atoms with Crippen molar-refractivity contribution in [2.24, 2.45) is 0 Å². The van der Waals surface area contributed by atoms with Crippen molar-refractivity contribution in [2.45, 2.75) is 12.5 Å². The molecule has 0 amide bonds. The molecule has 4 nitrogen and oxygen atoms in total. The van der Waals surface area contributed by atoms with Gasteiger partial charge in [0.15, 0.2) is 9.84 Å². The lowest BCUT2D eigenvalue weighted by Gasteiger charge is -2.21. The van der Waals surface area contributed by atoms with E-state index in [1.54, 1.807) is 6.07 Å². The first kappa shape index (κ1) is 15.2. The van der Waals surface area contributed by atoms with E-state index in [0.717, 1.165) is 11.1 Å². The fourth-order valence-corrected chi connectivity index (χ4v) is 4.87. The zero-order valence-electron chi connectivity index (χ0n) is 11.2. The fraction of sp³-hybridized carbons (Fsp3) is 0.429. The molecule has 0 radical (unpaired) electrons. The van der Waals surface area contributed by atoms with Gasteiger partial charge in [-0.2, -0.15) is 0 Å². The Morgan fingerprint density at radius 2 is 2.14 bits per heavy atom. The lowest BCUT2D eigenvalue weighted by Crippen LogP contribution is -2.33. The quantitative estimate of drug-likeness (QED) is 0.912. The second kappa shape index (κ2) is 5.80. The molecule has 2 aliphatic rings. The molecular weight excluding hydrogens is 333 g/mol. The summed E-state index contributed by atoms with van der Waals surface area (Å²) in [5.41, 5.74) is 1.90. The van der Waals surface area contributed by atoms with Crippen LogP contribution in [-0.4, -0.2) is 39.1 Å². The van der Waals surface area contributed by atoms with Gasteiger partial charge in [-0.3, -0.25) is 0 Å². The van der Waals surface area contributed by atoms with Crippen LogP contribution < -0.4 is 10.1 Å². The summed E-state index contributed by atoms with van der Waals surface area (Å²) in [7, 11) is -2.86. The lowest BCUT2D eigenvalue weighted by molar-refractivity contribution is 0.342. The molecule has 0 bridgehead atoms. The van der Waals surface area contributed by atoms with E-state index in [4.69, 9.17) is 27.9 Å². The number of rotatable bonds is 3. The number of ether oxygens (including phenoxy) is 1. The number of sulfone groups is 1. The van der Waals surface area contributed by atoms with Crippen molar-refractivity contribution in [1.29, 1.82) is 0 Å². The molecular formula is C14H15Cl2NO3S. The van der Waals surface area contributed by atoms with Crippen LogP contribution in [0.5, 0.6) is 5.75 Å². The molecule has 2 aliphatic heterocycles. The third-order valence-corrected chi connectivity index (χ3v) is 5.92. The number of halogens is 2. The highest BCUT2D eigenvalue weighted by Gasteiger charge is 2.27. The SMILES string of the molecule is O=S1(=O)CCC(NCC2=Cc3cc(Cl)cc(Cl)c3OC2)C1. The summed E-state index contributed by atoms with van der Waals surface area (Å²) in [6.45, 7) is 1.05. The Labute approximate surface area is 134 Å². The van der Waals surface area contributed by atoms with Crippen molar-refractivity contribution in [3.8, 4) is 5.75 Å². The Morgan fingerprint density at radius 1 is 1.33 bits per heavy atom. The Kier molecular flexibility index (Phi) is 4.19. The molecule has 114 valence electrons. The van der Waals surface area contributed by atoms with Crippen LogP contribution in [0.15, 0.2) is 17.7 Å². The average Bonchev–Trinajstić information content (AvgIpc) is 2.75. The number of nitrogens with one attached hydrogen (secondary N) is 1. The standard InChI is InChI=1S/C14H15Cl2NO3S/c15-11-4-10-3-9(7-20-14(10)13(16)5-11)6-17-12-1-2-21(18,19)8-12/h3-5,12,17H,1-2,6-8H2. The smallest absolute Gasteiger partial charge is 0.151 e. The molecule has 2 heterocycles. The van der Waals surface area contributed by atoms with E-state index in [-0.39, 0.29) is 17.5 Å². The molecule has 0 saturated carbocycles. The highest BCUT2D eigenvalue weighted by Crippen LogP contribution is 2.36. The first-order valence-electron chi connectivity index (χ1n) is 6.68. The van der Waals surface area contributed by atoms with Crippen LogP contribution in [0.2, 0.25) is 10.0 Å². The van der Waals surface area contributed by atoms with Crippen molar-refractivity contribution < 1.29 is 13.2 Å². The van der Waals surface area contributed by atoms with E-state index < -0.39 is 9.84 Å². The summed E-state index contributed by atoms with van der Waals surface area (Å²) in [6.07, 6.45) is 2.66. The van der Waals surface area contributed by atoms with Crippen molar-refractivity contribution in [3.63, 3.8) is 0 Å². The molecule has 1 N–H and O–H groups in total. The fourth-order valence-electron chi connectivity index (χ4n) is 2.60. The van der Waals surface area contributed by atoms with Gasteiger partial charge in [0.1, 0.15) is 12.4 Å². The first-order chi connectivity index (χ1) is 9.93. The van der Waals surface area contributed by atoms with Gasteiger partial charge >= 0.3 is 0 Å². The zero-order valence-corrected chi connectivity index (χ0v) is 13.6. The predicted octanol–water partition coefficient (Wildman–Crippen LogP) is 2.55. The van der Waals surface area contributed by atoms with E-state index in [9.17, 15) is 8.42 Å². The summed E-state index contributed by atoms with van der Waals surface area (Å²) in [5.74, 6) is 1.14. The predicted molar refractivity (Wildman–Crippen MR) is 85.0 cm³/mol. The van der Waals surface area contributed by atoms with Gasteiger partial charge < -0.3 is 10.1 Å². The minimum Gasteiger partial charge on any atom is -0.487 e. The van der Waals surface area contributed by atoms with Crippen LogP contribution in [0.1, 0.15) is 12.0 Å². The highest BCUT2D eigenvalue weighted by molar-refractivity contribution is 7.91. The van der Waals surface area contributed by atoms with E-state index >= 15 is 0 Å². The topological polar surface area (TPSA) is 55.4 Å². The number of hydrogen-bond donors (Lipinski definition) is 1. The molecule has 1 unspecified atom stereocenters. The van der Waals surface area contributed by atoms with E-state index in [1.165, 1.54) is 0 Å². The van der Waals surface area contributed by atoms with Crippen molar-refractivity contribution >= 4 is 39.1 Å². The number of benzene rings is 1. The van der Waals surface area contributed by atoms with Gasteiger partial charge in [0.2, 0.25) is 0 Å².